The van der Waals surface area contributed by atoms with Gasteiger partial charge in [0.05, 0.1) is 0 Å². The van der Waals surface area contributed by atoms with Crippen molar-refractivity contribution in [3.05, 3.63) is 0 Å². The third kappa shape index (κ3) is 9.61. The minimum atomic E-state index is -2.58. The Labute approximate surface area is 164 Å². The van der Waals surface area contributed by atoms with Crippen molar-refractivity contribution in [3.8, 4) is 0 Å². The topological polar surface area (TPSA) is 139 Å². The SMILES string of the molecule is CO[Si](CCCNC(=N)NC(=N)NCCC[Si](OC)(OC)OC)(OC)OC. The molecule has 0 saturated carbocycles. The zero-order valence-electron chi connectivity index (χ0n) is 17.2. The number of guanidine groups is 2. The van der Waals surface area contributed by atoms with Crippen LogP contribution in [-0.4, -0.2) is 85.3 Å². The highest BCUT2D eigenvalue weighted by atomic mass is 28.4. The molecular weight excluding hydrogens is 390 g/mol. The number of rotatable bonds is 14. The molecule has 0 unspecified atom stereocenters. The fraction of sp³-hybridized carbons (Fsp3) is 0.857. The van der Waals surface area contributed by atoms with Gasteiger partial charge in [0.25, 0.3) is 0 Å². The van der Waals surface area contributed by atoms with Crippen LogP contribution in [0.2, 0.25) is 12.1 Å². The summed E-state index contributed by atoms with van der Waals surface area (Å²) in [5.74, 6) is 0.0860. The Kier molecular flexibility index (Phi) is 13.5. The smallest absolute Gasteiger partial charge is 0.377 e. The molecule has 0 heterocycles. The normalized spacial score (nSPS) is 11.9. The van der Waals surface area contributed by atoms with Crippen molar-refractivity contribution in [3.63, 3.8) is 0 Å². The van der Waals surface area contributed by atoms with Crippen molar-refractivity contribution in [2.45, 2.75) is 24.9 Å². The molecule has 27 heavy (non-hydrogen) atoms. The van der Waals surface area contributed by atoms with E-state index in [1.165, 1.54) is 0 Å². The van der Waals surface area contributed by atoms with Gasteiger partial charge in [-0.3, -0.25) is 16.1 Å². The summed E-state index contributed by atoms with van der Waals surface area (Å²) in [6.45, 7) is 1.07. The monoisotopic (exact) mass is 425 g/mol. The van der Waals surface area contributed by atoms with Crippen molar-refractivity contribution in [2.24, 2.45) is 0 Å². The van der Waals surface area contributed by atoms with Gasteiger partial charge in [-0.2, -0.15) is 0 Å². The van der Waals surface area contributed by atoms with Crippen LogP contribution in [0.1, 0.15) is 12.8 Å². The molecule has 0 spiro atoms. The minimum Gasteiger partial charge on any atom is -0.377 e. The maximum Gasteiger partial charge on any atom is 0.500 e. The molecular formula is C14H35N5O6Si2. The summed E-state index contributed by atoms with van der Waals surface area (Å²) < 4.78 is 32.0. The van der Waals surface area contributed by atoms with Crippen molar-refractivity contribution in [1.29, 1.82) is 10.8 Å². The first-order valence-corrected chi connectivity index (χ1v) is 12.5. The molecule has 0 aliphatic rings. The fourth-order valence-corrected chi connectivity index (χ4v) is 5.81. The van der Waals surface area contributed by atoms with E-state index < -0.39 is 17.6 Å². The molecule has 0 atom stereocenters. The zero-order valence-corrected chi connectivity index (χ0v) is 19.2. The second-order valence-corrected chi connectivity index (χ2v) is 11.7. The van der Waals surface area contributed by atoms with E-state index in [0.717, 1.165) is 0 Å². The highest BCUT2D eigenvalue weighted by Crippen LogP contribution is 2.14. The summed E-state index contributed by atoms with van der Waals surface area (Å²) in [6, 6.07) is 1.27. The van der Waals surface area contributed by atoms with Gasteiger partial charge >= 0.3 is 17.6 Å². The molecule has 0 saturated heterocycles. The van der Waals surface area contributed by atoms with Crippen molar-refractivity contribution >= 4 is 29.5 Å². The Morgan fingerprint density at radius 1 is 0.630 bits per heavy atom. The number of hydrogen-bond acceptors (Lipinski definition) is 8. The molecule has 11 nitrogen and oxygen atoms in total. The lowest BCUT2D eigenvalue weighted by Gasteiger charge is -2.24. The van der Waals surface area contributed by atoms with Crippen LogP contribution in [0.15, 0.2) is 0 Å². The Hall–Kier alpha value is -1.07. The van der Waals surface area contributed by atoms with Crippen LogP contribution in [0.3, 0.4) is 0 Å². The average molecular weight is 426 g/mol. The van der Waals surface area contributed by atoms with Gasteiger partial charge < -0.3 is 37.2 Å². The van der Waals surface area contributed by atoms with Crippen LogP contribution in [-0.2, 0) is 26.6 Å². The van der Waals surface area contributed by atoms with Crippen LogP contribution in [0.4, 0.5) is 0 Å². The van der Waals surface area contributed by atoms with Crippen molar-refractivity contribution in [2.75, 3.05) is 55.7 Å². The van der Waals surface area contributed by atoms with Crippen molar-refractivity contribution < 1.29 is 26.6 Å². The van der Waals surface area contributed by atoms with Gasteiger partial charge in [0, 0.05) is 67.8 Å². The van der Waals surface area contributed by atoms with Gasteiger partial charge in [-0.25, -0.2) is 0 Å². The van der Waals surface area contributed by atoms with Crippen LogP contribution in [0.25, 0.3) is 0 Å². The first-order valence-electron chi connectivity index (χ1n) is 8.59. The van der Waals surface area contributed by atoms with Crippen LogP contribution < -0.4 is 16.0 Å². The summed E-state index contributed by atoms with van der Waals surface area (Å²) in [5.41, 5.74) is 0. The molecule has 0 fully saturated rings. The fourth-order valence-electron chi connectivity index (χ4n) is 2.36. The van der Waals surface area contributed by atoms with Crippen LogP contribution in [0, 0.1) is 10.8 Å². The molecule has 0 aromatic carbocycles. The van der Waals surface area contributed by atoms with E-state index in [1.54, 1.807) is 42.7 Å². The summed E-state index contributed by atoms with van der Waals surface area (Å²) in [5, 5.41) is 24.1. The van der Waals surface area contributed by atoms with Gasteiger partial charge in [0.15, 0.2) is 11.9 Å². The molecule has 0 radical (unpaired) electrons. The first kappa shape index (κ1) is 25.9. The van der Waals surface area contributed by atoms with E-state index in [0.29, 0.717) is 38.0 Å². The molecule has 0 rings (SSSR count). The molecule has 0 aliphatic heterocycles. The van der Waals surface area contributed by atoms with Crippen molar-refractivity contribution in [1.82, 2.24) is 16.0 Å². The molecule has 0 aromatic heterocycles. The quantitative estimate of drug-likeness (QED) is 0.114. The predicted molar refractivity (Wildman–Crippen MR) is 107 cm³/mol. The van der Waals surface area contributed by atoms with Gasteiger partial charge in [0.1, 0.15) is 0 Å². The predicted octanol–water partition coefficient (Wildman–Crippen LogP) is 0.161. The summed E-state index contributed by atoms with van der Waals surface area (Å²) in [7, 11) is 4.26. The molecule has 5 N–H and O–H groups in total. The molecule has 160 valence electrons. The molecule has 0 aromatic rings. The third-order valence-electron chi connectivity index (χ3n) is 4.04. The average Bonchev–Trinajstić information content (AvgIpc) is 2.69. The van der Waals surface area contributed by atoms with Gasteiger partial charge in [0.2, 0.25) is 0 Å². The number of hydrogen-bond donors (Lipinski definition) is 5. The second-order valence-electron chi connectivity index (χ2n) is 5.53. The Morgan fingerprint density at radius 3 is 1.19 bits per heavy atom. The molecule has 0 amide bonds. The van der Waals surface area contributed by atoms with E-state index in [-0.39, 0.29) is 11.9 Å². The number of nitrogens with one attached hydrogen (secondary N) is 5. The Morgan fingerprint density at radius 2 is 0.926 bits per heavy atom. The van der Waals surface area contributed by atoms with Gasteiger partial charge in [-0.15, -0.1) is 0 Å². The zero-order chi connectivity index (χ0) is 20.8. The molecule has 13 heteroatoms. The van der Waals surface area contributed by atoms with Gasteiger partial charge in [-0.1, -0.05) is 0 Å². The largest absolute Gasteiger partial charge is 0.500 e. The summed E-state index contributed by atoms with van der Waals surface area (Å²) in [4.78, 5) is 0. The lowest BCUT2D eigenvalue weighted by atomic mass is 10.5. The Bertz CT molecular complexity index is 384. The molecule has 0 aliphatic carbocycles. The summed E-state index contributed by atoms with van der Waals surface area (Å²) in [6.07, 6.45) is 1.43. The lowest BCUT2D eigenvalue weighted by Crippen LogP contribution is -2.47. The highest BCUT2D eigenvalue weighted by Gasteiger charge is 2.37. The maximum absolute atomic E-state index is 7.82. The second kappa shape index (κ2) is 14.0. The Balaban J connectivity index is 3.98. The molecule has 0 bridgehead atoms. The minimum absolute atomic E-state index is 0.0430. The lowest BCUT2D eigenvalue weighted by molar-refractivity contribution is 0.122. The highest BCUT2D eigenvalue weighted by molar-refractivity contribution is 6.60. The van der Waals surface area contributed by atoms with E-state index in [9.17, 15) is 0 Å². The van der Waals surface area contributed by atoms with E-state index in [4.69, 9.17) is 37.4 Å². The van der Waals surface area contributed by atoms with Gasteiger partial charge in [-0.05, 0) is 12.8 Å². The van der Waals surface area contributed by atoms with E-state index in [2.05, 4.69) is 16.0 Å². The first-order chi connectivity index (χ1) is 12.9. The van der Waals surface area contributed by atoms with E-state index >= 15 is 0 Å². The van der Waals surface area contributed by atoms with Crippen LogP contribution in [0.5, 0.6) is 0 Å². The van der Waals surface area contributed by atoms with Crippen LogP contribution >= 0.6 is 0 Å². The summed E-state index contributed by atoms with van der Waals surface area (Å²) >= 11 is 0. The standard InChI is InChI=1S/C14H35N5O6Si2/c1-20-26(21-2,22-3)11-7-9-17-13(15)19-14(16)18-10-8-12-27(23-4,24-5)25-6/h7-12H2,1-6H3,(H5,15,16,17,18,19). The van der Waals surface area contributed by atoms with E-state index in [1.807, 2.05) is 0 Å². The maximum atomic E-state index is 7.82. The third-order valence-corrected chi connectivity index (χ3v) is 9.70.